The number of rotatable bonds is 5. The largest absolute Gasteiger partial charge is 0.336 e. The molecule has 1 amide bonds. The molecule has 3 aromatic rings. The van der Waals surface area contributed by atoms with Crippen molar-refractivity contribution in [2.45, 2.75) is 38.1 Å². The summed E-state index contributed by atoms with van der Waals surface area (Å²) in [4.78, 5) is 19.5. The molecule has 2 aromatic carbocycles. The summed E-state index contributed by atoms with van der Waals surface area (Å²) in [6.07, 6.45) is 8.83. The summed E-state index contributed by atoms with van der Waals surface area (Å²) < 4.78 is 13.2. The van der Waals surface area contributed by atoms with E-state index in [0.29, 0.717) is 5.56 Å². The molecule has 4 heteroatoms. The van der Waals surface area contributed by atoms with Crippen molar-refractivity contribution in [1.29, 1.82) is 0 Å². The first-order valence-corrected chi connectivity index (χ1v) is 10.3. The van der Waals surface area contributed by atoms with Crippen LogP contribution in [0, 0.1) is 5.82 Å². The first kappa shape index (κ1) is 19.3. The summed E-state index contributed by atoms with van der Waals surface area (Å²) in [5.74, 6) is -0.171. The summed E-state index contributed by atoms with van der Waals surface area (Å²) in [7, 11) is 0. The fraction of sp³-hybridized carbons (Fsp3) is 0.280. The Morgan fingerprint density at radius 1 is 1.03 bits per heavy atom. The van der Waals surface area contributed by atoms with Crippen LogP contribution in [-0.2, 0) is 6.42 Å². The van der Waals surface area contributed by atoms with Crippen LogP contribution in [0.1, 0.15) is 41.6 Å². The second kappa shape index (κ2) is 8.99. The molecule has 0 N–H and O–H groups in total. The molecule has 0 aliphatic carbocycles. The number of benzene rings is 2. The van der Waals surface area contributed by atoms with Crippen molar-refractivity contribution < 1.29 is 9.18 Å². The van der Waals surface area contributed by atoms with Crippen LogP contribution in [0.5, 0.6) is 0 Å². The van der Waals surface area contributed by atoms with Gasteiger partial charge in [-0.1, -0.05) is 30.3 Å². The van der Waals surface area contributed by atoms with E-state index in [2.05, 4.69) is 11.1 Å². The van der Waals surface area contributed by atoms with Gasteiger partial charge in [0.05, 0.1) is 0 Å². The fourth-order valence-corrected chi connectivity index (χ4v) is 4.09. The predicted molar refractivity (Wildman–Crippen MR) is 113 cm³/mol. The van der Waals surface area contributed by atoms with E-state index in [1.54, 1.807) is 18.3 Å². The van der Waals surface area contributed by atoms with Gasteiger partial charge in [0, 0.05) is 30.5 Å². The Hall–Kier alpha value is -3.01. The highest BCUT2D eigenvalue weighted by Gasteiger charge is 2.27. The second-order valence-corrected chi connectivity index (χ2v) is 7.64. The number of likely N-dealkylation sites (tertiary alicyclic amines) is 1. The van der Waals surface area contributed by atoms with Gasteiger partial charge < -0.3 is 4.90 Å². The third-order valence-corrected chi connectivity index (χ3v) is 5.66. The highest BCUT2D eigenvalue weighted by atomic mass is 19.1. The third-order valence-electron chi connectivity index (χ3n) is 5.66. The molecule has 0 radical (unpaired) electrons. The molecule has 1 aromatic heterocycles. The fourth-order valence-electron chi connectivity index (χ4n) is 4.09. The number of aryl methyl sites for hydroxylation is 1. The Kier molecular flexibility index (Phi) is 5.99. The summed E-state index contributed by atoms with van der Waals surface area (Å²) >= 11 is 0. The molecule has 1 fully saturated rings. The van der Waals surface area contributed by atoms with Crippen molar-refractivity contribution in [3.8, 4) is 11.1 Å². The van der Waals surface area contributed by atoms with Gasteiger partial charge in [0.15, 0.2) is 0 Å². The Morgan fingerprint density at radius 2 is 1.90 bits per heavy atom. The molecule has 1 aliphatic rings. The van der Waals surface area contributed by atoms with Crippen molar-refractivity contribution in [1.82, 2.24) is 9.88 Å². The molecular weight excluding hydrogens is 363 g/mol. The molecule has 1 unspecified atom stereocenters. The van der Waals surface area contributed by atoms with Crippen molar-refractivity contribution in [3.63, 3.8) is 0 Å². The maximum Gasteiger partial charge on any atom is 0.254 e. The first-order valence-electron chi connectivity index (χ1n) is 10.3. The lowest BCUT2D eigenvalue weighted by molar-refractivity contribution is 0.0602. The summed E-state index contributed by atoms with van der Waals surface area (Å²) in [6.45, 7) is 0.803. The molecule has 0 spiro atoms. The van der Waals surface area contributed by atoms with E-state index in [-0.39, 0.29) is 17.8 Å². The van der Waals surface area contributed by atoms with Gasteiger partial charge in [0.1, 0.15) is 5.82 Å². The predicted octanol–water partition coefficient (Wildman–Crippen LogP) is 5.52. The highest BCUT2D eigenvalue weighted by molar-refractivity contribution is 5.95. The van der Waals surface area contributed by atoms with Gasteiger partial charge in [0.25, 0.3) is 5.91 Å². The molecule has 0 saturated carbocycles. The van der Waals surface area contributed by atoms with Crippen LogP contribution in [-0.4, -0.2) is 28.4 Å². The van der Waals surface area contributed by atoms with Gasteiger partial charge in [-0.3, -0.25) is 9.78 Å². The van der Waals surface area contributed by atoms with Crippen molar-refractivity contribution >= 4 is 5.91 Å². The summed E-state index contributed by atoms with van der Waals surface area (Å²) in [5.41, 5.74) is 3.75. The number of halogens is 1. The lowest BCUT2D eigenvalue weighted by Gasteiger charge is -2.36. The van der Waals surface area contributed by atoms with Gasteiger partial charge in [-0.15, -0.1) is 0 Å². The summed E-state index contributed by atoms with van der Waals surface area (Å²) in [6, 6.07) is 18.4. The number of hydrogen-bond acceptors (Lipinski definition) is 2. The maximum absolute atomic E-state index is 13.3. The van der Waals surface area contributed by atoms with E-state index in [1.807, 2.05) is 41.4 Å². The first-order chi connectivity index (χ1) is 14.2. The quantitative estimate of drug-likeness (QED) is 0.577. The topological polar surface area (TPSA) is 33.2 Å². The van der Waals surface area contributed by atoms with Gasteiger partial charge in [-0.05, 0) is 79.1 Å². The zero-order valence-corrected chi connectivity index (χ0v) is 16.4. The zero-order valence-electron chi connectivity index (χ0n) is 16.4. The van der Waals surface area contributed by atoms with Crippen molar-refractivity contribution in [2.75, 3.05) is 6.54 Å². The van der Waals surface area contributed by atoms with Crippen LogP contribution in [0.15, 0.2) is 73.1 Å². The van der Waals surface area contributed by atoms with Gasteiger partial charge >= 0.3 is 0 Å². The molecule has 1 atom stereocenters. The van der Waals surface area contributed by atoms with Gasteiger partial charge in [0.2, 0.25) is 0 Å². The Labute approximate surface area is 171 Å². The van der Waals surface area contributed by atoms with Crippen LogP contribution in [0.3, 0.4) is 0 Å². The molecule has 2 heterocycles. The molecule has 3 nitrogen and oxygen atoms in total. The normalized spacial score (nSPS) is 16.6. The van der Waals surface area contributed by atoms with E-state index in [0.717, 1.165) is 49.8 Å². The smallest absolute Gasteiger partial charge is 0.254 e. The monoisotopic (exact) mass is 388 g/mol. The van der Waals surface area contributed by atoms with E-state index in [4.69, 9.17) is 0 Å². The number of carbonyl (C=O) groups is 1. The molecular formula is C25H25FN2O. The summed E-state index contributed by atoms with van der Waals surface area (Å²) in [5, 5.41) is 0. The molecule has 1 aliphatic heterocycles. The highest BCUT2D eigenvalue weighted by Crippen LogP contribution is 2.26. The van der Waals surface area contributed by atoms with Crippen LogP contribution >= 0.6 is 0 Å². The number of amides is 1. The van der Waals surface area contributed by atoms with Gasteiger partial charge in [-0.2, -0.15) is 0 Å². The number of carbonyl (C=O) groups excluding carboxylic acids is 1. The van der Waals surface area contributed by atoms with Crippen LogP contribution in [0.2, 0.25) is 0 Å². The Balaban J connectivity index is 1.50. The SMILES string of the molecule is O=C(c1cccc(-c2ccc(F)cc2)c1)N1CCCCC1CCc1cccnc1. The molecule has 4 rings (SSSR count). The van der Waals surface area contributed by atoms with Crippen molar-refractivity contribution in [2.24, 2.45) is 0 Å². The average Bonchev–Trinajstić information content (AvgIpc) is 2.79. The lowest BCUT2D eigenvalue weighted by Crippen LogP contribution is -2.44. The van der Waals surface area contributed by atoms with Crippen LogP contribution in [0.4, 0.5) is 4.39 Å². The molecule has 1 saturated heterocycles. The molecule has 148 valence electrons. The Morgan fingerprint density at radius 3 is 2.69 bits per heavy atom. The number of nitrogens with zero attached hydrogens (tertiary/aromatic N) is 2. The van der Waals surface area contributed by atoms with E-state index in [9.17, 15) is 9.18 Å². The molecule has 29 heavy (non-hydrogen) atoms. The standard InChI is InChI=1S/C25H25FN2O/c26-23-12-10-20(11-13-23)21-6-3-7-22(17-21)25(29)28-16-2-1-8-24(28)14-9-19-5-4-15-27-18-19/h3-7,10-13,15,17-18,24H,1-2,8-9,14,16H2. The van der Waals surface area contributed by atoms with Crippen molar-refractivity contribution in [3.05, 3.63) is 90.0 Å². The minimum atomic E-state index is -0.259. The maximum atomic E-state index is 13.3. The van der Waals surface area contributed by atoms with Gasteiger partial charge in [-0.25, -0.2) is 4.39 Å². The van der Waals surface area contributed by atoms with Crippen LogP contribution < -0.4 is 0 Å². The minimum Gasteiger partial charge on any atom is -0.336 e. The van der Waals surface area contributed by atoms with E-state index < -0.39 is 0 Å². The third kappa shape index (κ3) is 4.70. The lowest BCUT2D eigenvalue weighted by atomic mass is 9.95. The number of hydrogen-bond donors (Lipinski definition) is 0. The number of pyridine rings is 1. The second-order valence-electron chi connectivity index (χ2n) is 7.64. The van der Waals surface area contributed by atoms with E-state index >= 15 is 0 Å². The minimum absolute atomic E-state index is 0.0878. The Bertz CT molecular complexity index is 956. The zero-order chi connectivity index (χ0) is 20.1. The van der Waals surface area contributed by atoms with E-state index in [1.165, 1.54) is 17.7 Å². The number of aromatic nitrogens is 1. The average molecular weight is 388 g/mol. The molecule has 0 bridgehead atoms. The number of piperidine rings is 1. The van der Waals surface area contributed by atoms with Crippen LogP contribution in [0.25, 0.3) is 11.1 Å².